The van der Waals surface area contributed by atoms with E-state index in [0.29, 0.717) is 25.1 Å². The number of aromatic nitrogens is 1. The summed E-state index contributed by atoms with van der Waals surface area (Å²) in [4.78, 5) is 23.5. The van der Waals surface area contributed by atoms with Gasteiger partial charge in [-0.05, 0) is 36.2 Å². The normalized spacial score (nSPS) is 12.9. The van der Waals surface area contributed by atoms with Gasteiger partial charge in [0.2, 0.25) is 5.91 Å². The predicted octanol–water partition coefficient (Wildman–Crippen LogP) is 1.58. The average Bonchev–Trinajstić information content (AvgIpc) is 2.92. The Morgan fingerprint density at radius 3 is 2.79 bits per heavy atom. The number of hydrogen-bond donors (Lipinski definition) is 3. The summed E-state index contributed by atoms with van der Waals surface area (Å²) in [6, 6.07) is 4.74. The maximum Gasteiger partial charge on any atom is 0.272 e. The van der Waals surface area contributed by atoms with Crippen LogP contribution in [0.15, 0.2) is 24.4 Å². The van der Waals surface area contributed by atoms with E-state index in [4.69, 9.17) is 5.73 Å². The SMILES string of the molecule is Cl.Cn1cc(C(N)=O)cc1C(=O)Nc1ccc2c(c1F)CCNC2. The molecule has 0 atom stereocenters. The summed E-state index contributed by atoms with van der Waals surface area (Å²) in [5.74, 6) is -1.51. The fraction of sp³-hybridized carbons (Fsp3) is 0.250. The Hall–Kier alpha value is -2.38. The number of halogens is 2. The summed E-state index contributed by atoms with van der Waals surface area (Å²) in [6.45, 7) is 1.33. The van der Waals surface area contributed by atoms with Gasteiger partial charge >= 0.3 is 0 Å². The Morgan fingerprint density at radius 1 is 1.38 bits per heavy atom. The molecule has 2 aromatic rings. The van der Waals surface area contributed by atoms with Crippen molar-refractivity contribution in [2.75, 3.05) is 11.9 Å². The molecule has 1 aliphatic heterocycles. The molecule has 24 heavy (non-hydrogen) atoms. The molecule has 0 spiro atoms. The summed E-state index contributed by atoms with van der Waals surface area (Å²) >= 11 is 0. The monoisotopic (exact) mass is 352 g/mol. The molecule has 0 saturated heterocycles. The van der Waals surface area contributed by atoms with Gasteiger partial charge in [-0.1, -0.05) is 6.07 Å². The molecule has 128 valence electrons. The third-order valence-electron chi connectivity index (χ3n) is 3.98. The van der Waals surface area contributed by atoms with E-state index in [9.17, 15) is 14.0 Å². The number of hydrogen-bond acceptors (Lipinski definition) is 3. The first-order chi connectivity index (χ1) is 11.0. The number of fused-ring (bicyclic) bond motifs is 1. The van der Waals surface area contributed by atoms with Crippen LogP contribution in [0.5, 0.6) is 0 Å². The number of nitrogens with two attached hydrogens (primary N) is 1. The smallest absolute Gasteiger partial charge is 0.272 e. The second kappa shape index (κ2) is 7.02. The van der Waals surface area contributed by atoms with Crippen LogP contribution in [-0.4, -0.2) is 22.9 Å². The molecule has 2 amide bonds. The van der Waals surface area contributed by atoms with Crippen LogP contribution in [-0.2, 0) is 20.0 Å². The third kappa shape index (κ3) is 3.27. The fourth-order valence-electron chi connectivity index (χ4n) is 2.74. The minimum Gasteiger partial charge on any atom is -0.366 e. The van der Waals surface area contributed by atoms with Crippen LogP contribution in [0.25, 0.3) is 0 Å². The zero-order valence-corrected chi connectivity index (χ0v) is 13.9. The van der Waals surface area contributed by atoms with Crippen molar-refractivity contribution in [1.29, 1.82) is 0 Å². The Balaban J connectivity index is 0.00000208. The van der Waals surface area contributed by atoms with Gasteiger partial charge in [0.25, 0.3) is 5.91 Å². The van der Waals surface area contributed by atoms with Crippen molar-refractivity contribution in [2.24, 2.45) is 12.8 Å². The molecule has 2 heterocycles. The van der Waals surface area contributed by atoms with Crippen LogP contribution in [0.2, 0.25) is 0 Å². The fourth-order valence-corrected chi connectivity index (χ4v) is 2.74. The zero-order chi connectivity index (χ0) is 16.6. The number of rotatable bonds is 3. The molecular weight excluding hydrogens is 335 g/mol. The largest absolute Gasteiger partial charge is 0.366 e. The van der Waals surface area contributed by atoms with Crippen molar-refractivity contribution in [1.82, 2.24) is 9.88 Å². The van der Waals surface area contributed by atoms with E-state index in [1.165, 1.54) is 16.8 Å². The van der Waals surface area contributed by atoms with E-state index in [-0.39, 0.29) is 29.4 Å². The Morgan fingerprint density at radius 2 is 2.12 bits per heavy atom. The first-order valence-corrected chi connectivity index (χ1v) is 7.26. The number of amides is 2. The molecule has 0 fully saturated rings. The molecule has 0 unspecified atom stereocenters. The van der Waals surface area contributed by atoms with Crippen molar-refractivity contribution in [3.05, 3.63) is 52.6 Å². The minimum atomic E-state index is -0.618. The van der Waals surface area contributed by atoms with Crippen LogP contribution in [0.4, 0.5) is 10.1 Å². The number of carbonyl (C=O) groups excluding carboxylic acids is 2. The van der Waals surface area contributed by atoms with Gasteiger partial charge in [0.05, 0.1) is 11.3 Å². The van der Waals surface area contributed by atoms with Gasteiger partial charge in [0.1, 0.15) is 11.5 Å². The lowest BCUT2D eigenvalue weighted by Crippen LogP contribution is -2.25. The van der Waals surface area contributed by atoms with Crippen LogP contribution >= 0.6 is 12.4 Å². The lowest BCUT2D eigenvalue weighted by molar-refractivity contribution is 0.0998. The van der Waals surface area contributed by atoms with Crippen LogP contribution in [0.1, 0.15) is 32.0 Å². The summed E-state index contributed by atoms with van der Waals surface area (Å²) in [6.07, 6.45) is 2.05. The van der Waals surface area contributed by atoms with Gasteiger partial charge in [0.15, 0.2) is 0 Å². The number of aryl methyl sites for hydroxylation is 1. The van der Waals surface area contributed by atoms with Gasteiger partial charge in [0, 0.05) is 19.8 Å². The zero-order valence-electron chi connectivity index (χ0n) is 13.1. The summed E-state index contributed by atoms with van der Waals surface area (Å²) in [5.41, 5.74) is 7.34. The molecule has 0 aliphatic carbocycles. The van der Waals surface area contributed by atoms with E-state index in [2.05, 4.69) is 10.6 Å². The highest BCUT2D eigenvalue weighted by molar-refractivity contribution is 6.05. The number of anilines is 1. The molecule has 1 aromatic carbocycles. The first kappa shape index (κ1) is 18.0. The summed E-state index contributed by atoms with van der Waals surface area (Å²) in [7, 11) is 1.62. The van der Waals surface area contributed by atoms with Gasteiger partial charge < -0.3 is 20.9 Å². The van der Waals surface area contributed by atoms with Gasteiger partial charge in [-0.15, -0.1) is 12.4 Å². The number of benzene rings is 1. The highest BCUT2D eigenvalue weighted by atomic mass is 35.5. The van der Waals surface area contributed by atoms with E-state index < -0.39 is 17.6 Å². The topological polar surface area (TPSA) is 89.2 Å². The van der Waals surface area contributed by atoms with E-state index in [1.54, 1.807) is 19.2 Å². The van der Waals surface area contributed by atoms with Crippen LogP contribution in [0.3, 0.4) is 0 Å². The van der Waals surface area contributed by atoms with Crippen molar-refractivity contribution in [3.63, 3.8) is 0 Å². The third-order valence-corrected chi connectivity index (χ3v) is 3.98. The lowest BCUT2D eigenvalue weighted by atomic mass is 9.99. The van der Waals surface area contributed by atoms with Crippen molar-refractivity contribution < 1.29 is 14.0 Å². The van der Waals surface area contributed by atoms with E-state index in [0.717, 1.165) is 5.56 Å². The standard InChI is InChI=1S/C16H17FN4O2.ClH/c1-21-8-10(15(18)22)6-13(21)16(23)20-12-3-2-9-7-19-5-4-11(9)14(12)17;/h2-3,6,8,19H,4-5,7H2,1H3,(H2,18,22)(H,20,23);1H. The molecular formula is C16H18ClFN4O2. The van der Waals surface area contributed by atoms with E-state index in [1.807, 2.05) is 0 Å². The summed E-state index contributed by atoms with van der Waals surface area (Å²) < 4.78 is 16.0. The van der Waals surface area contributed by atoms with Gasteiger partial charge in [-0.2, -0.15) is 0 Å². The molecule has 0 saturated carbocycles. The Bertz CT molecular complexity index is 804. The van der Waals surface area contributed by atoms with Crippen LogP contribution in [0, 0.1) is 5.82 Å². The van der Waals surface area contributed by atoms with Gasteiger partial charge in [-0.25, -0.2) is 4.39 Å². The molecule has 4 N–H and O–H groups in total. The maximum absolute atomic E-state index is 14.5. The number of primary amides is 1. The molecule has 1 aromatic heterocycles. The molecule has 1 aliphatic rings. The van der Waals surface area contributed by atoms with Crippen molar-refractivity contribution in [2.45, 2.75) is 13.0 Å². The predicted molar refractivity (Wildman–Crippen MR) is 90.9 cm³/mol. The Kier molecular flexibility index (Phi) is 5.26. The molecule has 6 nitrogen and oxygen atoms in total. The highest BCUT2D eigenvalue weighted by Gasteiger charge is 2.19. The highest BCUT2D eigenvalue weighted by Crippen LogP contribution is 2.25. The quantitative estimate of drug-likeness (QED) is 0.783. The maximum atomic E-state index is 14.5. The lowest BCUT2D eigenvalue weighted by Gasteiger charge is -2.19. The van der Waals surface area contributed by atoms with Crippen molar-refractivity contribution in [3.8, 4) is 0 Å². The minimum absolute atomic E-state index is 0. The average molecular weight is 353 g/mol. The first-order valence-electron chi connectivity index (χ1n) is 7.26. The van der Waals surface area contributed by atoms with Crippen molar-refractivity contribution >= 4 is 29.9 Å². The summed E-state index contributed by atoms with van der Waals surface area (Å²) in [5, 5.41) is 5.74. The van der Waals surface area contributed by atoms with Crippen LogP contribution < -0.4 is 16.4 Å². The van der Waals surface area contributed by atoms with E-state index >= 15 is 0 Å². The molecule has 0 bridgehead atoms. The Labute approximate surface area is 144 Å². The molecule has 3 rings (SSSR count). The number of nitrogens with one attached hydrogen (secondary N) is 2. The number of nitrogens with zero attached hydrogens (tertiary/aromatic N) is 1. The second-order valence-electron chi connectivity index (χ2n) is 5.53. The molecule has 0 radical (unpaired) electrons. The van der Waals surface area contributed by atoms with Gasteiger partial charge in [-0.3, -0.25) is 9.59 Å². The molecule has 8 heteroatoms. The number of carbonyl (C=O) groups is 2. The second-order valence-corrected chi connectivity index (χ2v) is 5.53.